The number of nitrogens with zero attached hydrogens (tertiary/aromatic N) is 3. The maximum Gasteiger partial charge on any atom is 0.191 e. The number of hydrogen-bond donors (Lipinski definition) is 2. The molecule has 0 bridgehead atoms. The Morgan fingerprint density at radius 1 is 1.14 bits per heavy atom. The van der Waals surface area contributed by atoms with Crippen LogP contribution in [0.1, 0.15) is 33.1 Å². The molecule has 2 atom stereocenters. The van der Waals surface area contributed by atoms with Gasteiger partial charge in [-0.25, -0.2) is 0 Å². The van der Waals surface area contributed by atoms with Gasteiger partial charge in [0.25, 0.3) is 0 Å². The van der Waals surface area contributed by atoms with Crippen molar-refractivity contribution in [3.63, 3.8) is 0 Å². The Balaban J connectivity index is 0.00000280. The van der Waals surface area contributed by atoms with Crippen LogP contribution in [0.15, 0.2) is 33.7 Å². The van der Waals surface area contributed by atoms with Crippen LogP contribution < -0.4 is 15.5 Å². The van der Waals surface area contributed by atoms with Crippen molar-refractivity contribution in [3.8, 4) is 0 Å². The third-order valence-corrected chi connectivity index (χ3v) is 6.15. The molecule has 7 heteroatoms. The molecule has 1 aromatic rings. The molecule has 0 amide bonds. The lowest BCUT2D eigenvalue weighted by Crippen LogP contribution is -2.45. The molecular formula is C21H35BrIN5. The molecule has 3 rings (SSSR count). The average Bonchev–Trinajstić information content (AvgIpc) is 3.15. The smallest absolute Gasteiger partial charge is 0.191 e. The van der Waals surface area contributed by atoms with E-state index in [-0.39, 0.29) is 24.0 Å². The number of benzene rings is 1. The summed E-state index contributed by atoms with van der Waals surface area (Å²) >= 11 is 3.52. The molecule has 2 fully saturated rings. The van der Waals surface area contributed by atoms with Crippen molar-refractivity contribution in [2.24, 2.45) is 10.9 Å². The third kappa shape index (κ3) is 7.06. The van der Waals surface area contributed by atoms with Gasteiger partial charge in [0.1, 0.15) is 0 Å². The molecule has 0 saturated carbocycles. The first-order chi connectivity index (χ1) is 13.2. The van der Waals surface area contributed by atoms with Gasteiger partial charge in [-0.1, -0.05) is 22.9 Å². The predicted octanol–water partition coefficient (Wildman–Crippen LogP) is 3.93. The van der Waals surface area contributed by atoms with E-state index in [1.54, 1.807) is 0 Å². The quantitative estimate of drug-likeness (QED) is 0.313. The van der Waals surface area contributed by atoms with Crippen LogP contribution in [0.25, 0.3) is 0 Å². The minimum atomic E-state index is 0. The first-order valence-corrected chi connectivity index (χ1v) is 11.2. The van der Waals surface area contributed by atoms with Crippen LogP contribution in [0.5, 0.6) is 0 Å². The standard InChI is InChI=1S/C21H34BrN5.HI/c1-3-23-21(24-14-17-6-5-12-26(4-2)15-17)25-19-11-13-27(16-19)20-9-7-18(22)8-10-20;/h7-10,17,19H,3-6,11-16H2,1-2H3,(H2,23,24,25);1H. The van der Waals surface area contributed by atoms with Crippen molar-refractivity contribution < 1.29 is 0 Å². The average molecular weight is 564 g/mol. The van der Waals surface area contributed by atoms with Crippen molar-refractivity contribution in [2.45, 2.75) is 39.2 Å². The molecule has 2 heterocycles. The normalized spacial score (nSPS) is 23.4. The van der Waals surface area contributed by atoms with E-state index in [9.17, 15) is 0 Å². The number of guanidine groups is 1. The molecule has 2 aliphatic rings. The Morgan fingerprint density at radius 3 is 2.64 bits per heavy atom. The number of piperidine rings is 1. The number of likely N-dealkylation sites (tertiary alicyclic amines) is 1. The zero-order valence-electron chi connectivity index (χ0n) is 17.2. The molecule has 0 aliphatic carbocycles. The van der Waals surface area contributed by atoms with Crippen molar-refractivity contribution >= 4 is 51.6 Å². The van der Waals surface area contributed by atoms with E-state index in [2.05, 4.69) is 74.5 Å². The van der Waals surface area contributed by atoms with Crippen molar-refractivity contribution in [1.29, 1.82) is 0 Å². The molecule has 5 nitrogen and oxygen atoms in total. The fourth-order valence-corrected chi connectivity index (χ4v) is 4.35. The number of halogens is 2. The molecule has 2 saturated heterocycles. The number of anilines is 1. The van der Waals surface area contributed by atoms with Gasteiger partial charge >= 0.3 is 0 Å². The summed E-state index contributed by atoms with van der Waals surface area (Å²) in [6.45, 7) is 11.9. The number of aliphatic imine (C=N–C) groups is 1. The Hall–Kier alpha value is -0.540. The van der Waals surface area contributed by atoms with Crippen LogP contribution in [-0.4, -0.2) is 62.7 Å². The van der Waals surface area contributed by atoms with E-state index in [1.165, 1.54) is 31.6 Å². The second-order valence-corrected chi connectivity index (χ2v) is 8.59. The molecule has 1 aromatic carbocycles. The van der Waals surface area contributed by atoms with Gasteiger partial charge in [-0.3, -0.25) is 4.99 Å². The summed E-state index contributed by atoms with van der Waals surface area (Å²) in [5.74, 6) is 1.67. The minimum absolute atomic E-state index is 0. The van der Waals surface area contributed by atoms with Crippen molar-refractivity contribution in [2.75, 3.05) is 50.7 Å². The van der Waals surface area contributed by atoms with Crippen molar-refractivity contribution in [1.82, 2.24) is 15.5 Å². The fraction of sp³-hybridized carbons (Fsp3) is 0.667. The second kappa shape index (κ2) is 12.2. The van der Waals surface area contributed by atoms with Gasteiger partial charge in [0.15, 0.2) is 5.96 Å². The van der Waals surface area contributed by atoms with E-state index in [0.29, 0.717) is 12.0 Å². The summed E-state index contributed by atoms with van der Waals surface area (Å²) < 4.78 is 1.13. The highest BCUT2D eigenvalue weighted by Gasteiger charge is 2.24. The monoisotopic (exact) mass is 563 g/mol. The molecule has 2 unspecified atom stereocenters. The van der Waals surface area contributed by atoms with Crippen LogP contribution in [0.3, 0.4) is 0 Å². The Kier molecular flexibility index (Phi) is 10.4. The first-order valence-electron chi connectivity index (χ1n) is 10.5. The molecule has 28 heavy (non-hydrogen) atoms. The van der Waals surface area contributed by atoms with Gasteiger partial charge in [0, 0.05) is 48.9 Å². The molecule has 0 spiro atoms. The zero-order valence-corrected chi connectivity index (χ0v) is 21.1. The highest BCUT2D eigenvalue weighted by atomic mass is 127. The second-order valence-electron chi connectivity index (χ2n) is 7.67. The summed E-state index contributed by atoms with van der Waals surface area (Å²) in [6.07, 6.45) is 3.76. The van der Waals surface area contributed by atoms with Crippen LogP contribution in [0.4, 0.5) is 5.69 Å². The molecule has 0 radical (unpaired) electrons. The highest BCUT2D eigenvalue weighted by molar-refractivity contribution is 14.0. The number of hydrogen-bond acceptors (Lipinski definition) is 3. The molecule has 2 N–H and O–H groups in total. The van der Waals surface area contributed by atoms with Gasteiger partial charge in [0.05, 0.1) is 0 Å². The number of rotatable bonds is 6. The first kappa shape index (κ1) is 23.7. The molecular weight excluding hydrogens is 529 g/mol. The van der Waals surface area contributed by atoms with Gasteiger partial charge in [-0.15, -0.1) is 24.0 Å². The molecule has 2 aliphatic heterocycles. The summed E-state index contributed by atoms with van der Waals surface area (Å²) in [7, 11) is 0. The van der Waals surface area contributed by atoms with Gasteiger partial charge in [-0.05, 0) is 69.5 Å². The van der Waals surface area contributed by atoms with E-state index >= 15 is 0 Å². The molecule has 0 aromatic heterocycles. The third-order valence-electron chi connectivity index (χ3n) is 5.62. The zero-order chi connectivity index (χ0) is 19.1. The van der Waals surface area contributed by atoms with Crippen LogP contribution in [-0.2, 0) is 0 Å². The Bertz CT molecular complexity index is 609. The van der Waals surface area contributed by atoms with Crippen molar-refractivity contribution in [3.05, 3.63) is 28.7 Å². The van der Waals surface area contributed by atoms with Crippen LogP contribution in [0.2, 0.25) is 0 Å². The van der Waals surface area contributed by atoms with Crippen LogP contribution >= 0.6 is 39.9 Å². The van der Waals surface area contributed by atoms with Gasteiger partial charge in [-0.2, -0.15) is 0 Å². The summed E-state index contributed by atoms with van der Waals surface area (Å²) in [5.41, 5.74) is 1.30. The predicted molar refractivity (Wildman–Crippen MR) is 134 cm³/mol. The fourth-order valence-electron chi connectivity index (χ4n) is 4.09. The summed E-state index contributed by atoms with van der Waals surface area (Å²) in [6, 6.07) is 9.06. The lowest BCUT2D eigenvalue weighted by Gasteiger charge is -2.31. The summed E-state index contributed by atoms with van der Waals surface area (Å²) in [4.78, 5) is 9.93. The lowest BCUT2D eigenvalue weighted by atomic mass is 9.98. The van der Waals surface area contributed by atoms with Crippen LogP contribution in [0, 0.1) is 5.92 Å². The largest absolute Gasteiger partial charge is 0.369 e. The van der Waals surface area contributed by atoms with E-state index < -0.39 is 0 Å². The van der Waals surface area contributed by atoms with Gasteiger partial charge < -0.3 is 20.4 Å². The van der Waals surface area contributed by atoms with E-state index in [0.717, 1.165) is 49.6 Å². The number of nitrogens with one attached hydrogen (secondary N) is 2. The summed E-state index contributed by atoms with van der Waals surface area (Å²) in [5, 5.41) is 7.10. The maximum absolute atomic E-state index is 4.92. The maximum atomic E-state index is 4.92. The van der Waals surface area contributed by atoms with E-state index in [4.69, 9.17) is 4.99 Å². The minimum Gasteiger partial charge on any atom is -0.369 e. The molecule has 158 valence electrons. The van der Waals surface area contributed by atoms with Gasteiger partial charge in [0.2, 0.25) is 0 Å². The SMILES string of the molecule is CCNC(=NCC1CCCN(CC)C1)NC1CCN(c2ccc(Br)cc2)C1.I. The Morgan fingerprint density at radius 2 is 1.93 bits per heavy atom. The lowest BCUT2D eigenvalue weighted by molar-refractivity contribution is 0.186. The topological polar surface area (TPSA) is 42.9 Å². The Labute approximate surface area is 195 Å². The van der Waals surface area contributed by atoms with E-state index in [1.807, 2.05) is 0 Å². The highest BCUT2D eigenvalue weighted by Crippen LogP contribution is 2.22.